The lowest BCUT2D eigenvalue weighted by atomic mass is 9.87. The van der Waals surface area contributed by atoms with Gasteiger partial charge in [-0.1, -0.05) is 36.4 Å². The van der Waals surface area contributed by atoms with E-state index < -0.39 is 11.8 Å². The molecule has 0 aliphatic carbocycles. The van der Waals surface area contributed by atoms with Gasteiger partial charge in [0.2, 0.25) is 0 Å². The van der Waals surface area contributed by atoms with Crippen molar-refractivity contribution in [1.29, 1.82) is 0 Å². The van der Waals surface area contributed by atoms with Gasteiger partial charge in [-0.3, -0.25) is 9.59 Å². The van der Waals surface area contributed by atoms with Crippen molar-refractivity contribution < 1.29 is 19.8 Å². The second-order valence-electron chi connectivity index (χ2n) is 6.58. The maximum Gasteiger partial charge on any atom is 0.252 e. The number of aryl methyl sites for hydroxylation is 2. The number of carbonyl (C=O) groups is 2. The average molecular weight is 376 g/mol. The van der Waals surface area contributed by atoms with Gasteiger partial charge in [-0.2, -0.15) is 0 Å². The molecule has 0 atom stereocenters. The zero-order valence-electron chi connectivity index (χ0n) is 15.5. The van der Waals surface area contributed by atoms with Crippen molar-refractivity contribution in [2.75, 3.05) is 0 Å². The molecule has 6 heteroatoms. The molecule has 0 saturated carbocycles. The second-order valence-corrected chi connectivity index (χ2v) is 6.58. The summed E-state index contributed by atoms with van der Waals surface area (Å²) >= 11 is 0. The lowest BCUT2D eigenvalue weighted by Gasteiger charge is -2.18. The minimum Gasteiger partial charge on any atom is -0.506 e. The number of amides is 2. The molecule has 6 nitrogen and oxygen atoms in total. The molecule has 0 fully saturated rings. The molecular formula is C22H20N2O4. The minimum atomic E-state index is -0.744. The van der Waals surface area contributed by atoms with Gasteiger partial charge in [0.15, 0.2) is 0 Å². The predicted molar refractivity (Wildman–Crippen MR) is 107 cm³/mol. The van der Waals surface area contributed by atoms with Crippen molar-refractivity contribution in [3.8, 4) is 33.8 Å². The van der Waals surface area contributed by atoms with Gasteiger partial charge in [0.25, 0.3) is 11.8 Å². The number of rotatable bonds is 4. The molecule has 142 valence electrons. The van der Waals surface area contributed by atoms with Crippen molar-refractivity contribution in [2.45, 2.75) is 13.8 Å². The van der Waals surface area contributed by atoms with Gasteiger partial charge in [-0.25, -0.2) is 0 Å². The van der Waals surface area contributed by atoms with Crippen molar-refractivity contribution >= 4 is 11.8 Å². The summed E-state index contributed by atoms with van der Waals surface area (Å²) < 4.78 is 0. The quantitative estimate of drug-likeness (QED) is 0.557. The maximum atomic E-state index is 11.7. The van der Waals surface area contributed by atoms with Crippen LogP contribution >= 0.6 is 0 Å². The Morgan fingerprint density at radius 1 is 0.679 bits per heavy atom. The number of hydrogen-bond donors (Lipinski definition) is 4. The van der Waals surface area contributed by atoms with Crippen LogP contribution in [0.25, 0.3) is 22.3 Å². The molecular weight excluding hydrogens is 356 g/mol. The van der Waals surface area contributed by atoms with Crippen LogP contribution in [0.1, 0.15) is 31.8 Å². The summed E-state index contributed by atoms with van der Waals surface area (Å²) in [6, 6.07) is 13.4. The summed E-state index contributed by atoms with van der Waals surface area (Å²) in [6.07, 6.45) is 0. The van der Waals surface area contributed by atoms with Crippen LogP contribution in [-0.4, -0.2) is 22.0 Å². The third-order valence-electron chi connectivity index (χ3n) is 4.77. The summed E-state index contributed by atoms with van der Waals surface area (Å²) in [5.74, 6) is -1.96. The number of aromatic hydroxyl groups is 2. The standard InChI is InChI=1S/C22H20N2O4/c1-11-7-9-15(21(23)27)19(25)17(11)13-5-3-4-6-14(13)18-12(2)8-10-16(20(18)26)22(24)28/h3-10,25-26H,1-2H3,(H2,23,27)(H2,24,28). The van der Waals surface area contributed by atoms with Crippen LogP contribution in [0.4, 0.5) is 0 Å². The number of primary amides is 2. The van der Waals surface area contributed by atoms with Crippen molar-refractivity contribution in [2.24, 2.45) is 11.5 Å². The molecule has 3 aromatic rings. The Morgan fingerprint density at radius 2 is 1.04 bits per heavy atom. The van der Waals surface area contributed by atoms with E-state index in [1.165, 1.54) is 12.1 Å². The van der Waals surface area contributed by atoms with Crippen LogP contribution < -0.4 is 11.5 Å². The lowest BCUT2D eigenvalue weighted by Crippen LogP contribution is -2.12. The molecule has 0 radical (unpaired) electrons. The first-order valence-corrected chi connectivity index (χ1v) is 8.58. The molecule has 28 heavy (non-hydrogen) atoms. The van der Waals surface area contributed by atoms with E-state index in [9.17, 15) is 19.8 Å². The zero-order valence-corrected chi connectivity index (χ0v) is 15.5. The van der Waals surface area contributed by atoms with Crippen LogP contribution in [0.5, 0.6) is 11.5 Å². The molecule has 0 heterocycles. The van der Waals surface area contributed by atoms with Crippen LogP contribution in [0, 0.1) is 13.8 Å². The van der Waals surface area contributed by atoms with E-state index >= 15 is 0 Å². The molecule has 3 aromatic carbocycles. The zero-order chi connectivity index (χ0) is 20.6. The monoisotopic (exact) mass is 376 g/mol. The maximum absolute atomic E-state index is 11.7. The summed E-state index contributed by atoms with van der Waals surface area (Å²) in [5, 5.41) is 21.4. The highest BCUT2D eigenvalue weighted by atomic mass is 16.3. The lowest BCUT2D eigenvalue weighted by molar-refractivity contribution is 0.0989. The molecule has 0 spiro atoms. The first kappa shape index (κ1) is 19.0. The minimum absolute atomic E-state index is 0.00207. The average Bonchev–Trinajstić information content (AvgIpc) is 2.62. The molecule has 0 unspecified atom stereocenters. The van der Waals surface area contributed by atoms with Crippen molar-refractivity contribution in [3.05, 3.63) is 70.8 Å². The largest absolute Gasteiger partial charge is 0.506 e. The predicted octanol–water partition coefficient (Wildman–Crippen LogP) is 3.25. The Balaban J connectivity index is 2.38. The van der Waals surface area contributed by atoms with Gasteiger partial charge >= 0.3 is 0 Å². The van der Waals surface area contributed by atoms with Gasteiger partial charge in [0.05, 0.1) is 11.1 Å². The summed E-state index contributed by atoms with van der Waals surface area (Å²) in [5.41, 5.74) is 14.2. The van der Waals surface area contributed by atoms with E-state index in [1.54, 1.807) is 50.2 Å². The number of nitrogens with two attached hydrogens (primary N) is 2. The van der Waals surface area contributed by atoms with Crippen LogP contribution in [0.15, 0.2) is 48.5 Å². The molecule has 6 N–H and O–H groups in total. The Morgan fingerprint density at radius 3 is 1.36 bits per heavy atom. The highest BCUT2D eigenvalue weighted by Crippen LogP contribution is 2.44. The summed E-state index contributed by atoms with van der Waals surface area (Å²) in [6.45, 7) is 3.59. The topological polar surface area (TPSA) is 127 Å². The van der Waals surface area contributed by atoms with Crippen LogP contribution in [0.2, 0.25) is 0 Å². The van der Waals surface area contributed by atoms with Crippen molar-refractivity contribution in [1.82, 2.24) is 0 Å². The van der Waals surface area contributed by atoms with Gasteiger partial charge in [0, 0.05) is 11.1 Å². The summed E-state index contributed by atoms with van der Waals surface area (Å²) in [4.78, 5) is 23.3. The van der Waals surface area contributed by atoms with Gasteiger partial charge in [0.1, 0.15) is 11.5 Å². The van der Waals surface area contributed by atoms with Gasteiger partial charge in [-0.05, 0) is 48.2 Å². The molecule has 0 aliphatic heterocycles. The van der Waals surface area contributed by atoms with E-state index in [1.807, 2.05) is 0 Å². The van der Waals surface area contributed by atoms with Crippen LogP contribution in [0.3, 0.4) is 0 Å². The molecule has 0 saturated heterocycles. The van der Waals surface area contributed by atoms with Crippen molar-refractivity contribution in [3.63, 3.8) is 0 Å². The molecule has 0 aliphatic rings. The van der Waals surface area contributed by atoms with E-state index in [2.05, 4.69) is 0 Å². The van der Waals surface area contributed by atoms with E-state index in [0.29, 0.717) is 22.3 Å². The first-order chi connectivity index (χ1) is 13.2. The Bertz CT molecular complexity index is 1030. The third kappa shape index (κ3) is 3.05. The fraction of sp³-hybridized carbons (Fsp3) is 0.0909. The third-order valence-corrected chi connectivity index (χ3v) is 4.77. The Hall–Kier alpha value is -3.80. The highest BCUT2D eigenvalue weighted by Gasteiger charge is 2.22. The Kier molecular flexibility index (Phi) is 4.79. The molecule has 2 amide bonds. The Labute approximate surface area is 162 Å². The fourth-order valence-electron chi connectivity index (χ4n) is 3.38. The van der Waals surface area contributed by atoms with E-state index in [4.69, 9.17) is 11.5 Å². The van der Waals surface area contributed by atoms with E-state index in [-0.39, 0.29) is 22.6 Å². The highest BCUT2D eigenvalue weighted by molar-refractivity contribution is 6.02. The normalized spacial score (nSPS) is 10.6. The van der Waals surface area contributed by atoms with E-state index in [0.717, 1.165) is 11.1 Å². The fourth-order valence-corrected chi connectivity index (χ4v) is 3.38. The van der Waals surface area contributed by atoms with Crippen LogP contribution in [-0.2, 0) is 0 Å². The molecule has 0 aromatic heterocycles. The number of hydrogen-bond acceptors (Lipinski definition) is 4. The number of phenols is 2. The molecule has 3 rings (SSSR count). The number of benzene rings is 3. The summed E-state index contributed by atoms with van der Waals surface area (Å²) in [7, 11) is 0. The first-order valence-electron chi connectivity index (χ1n) is 8.58. The second kappa shape index (κ2) is 7.08. The van der Waals surface area contributed by atoms with Gasteiger partial charge in [-0.15, -0.1) is 0 Å². The van der Waals surface area contributed by atoms with Gasteiger partial charge < -0.3 is 21.7 Å². The smallest absolute Gasteiger partial charge is 0.252 e. The SMILES string of the molecule is Cc1ccc(C(N)=O)c(O)c1-c1ccccc1-c1c(C)ccc(C(N)=O)c1O. The number of carbonyl (C=O) groups excluding carboxylic acids is 2. The molecule has 0 bridgehead atoms.